The minimum Gasteiger partial charge on any atom is -0.385 e. The Morgan fingerprint density at radius 1 is 1.00 bits per heavy atom. The highest BCUT2D eigenvalue weighted by Crippen LogP contribution is 2.35. The fourth-order valence-corrected chi connectivity index (χ4v) is 2.53. The molecule has 0 aliphatic heterocycles. The molecule has 0 aliphatic rings. The van der Waals surface area contributed by atoms with Gasteiger partial charge in [0.25, 0.3) is 0 Å². The van der Waals surface area contributed by atoms with Gasteiger partial charge in [-0.3, -0.25) is 0 Å². The number of nitrogens with one attached hydrogen (secondary N) is 1. The normalized spacial score (nSPS) is 10.6. The average molecular weight is 265 g/mol. The van der Waals surface area contributed by atoms with Gasteiger partial charge < -0.3 is 5.32 Å². The largest absolute Gasteiger partial charge is 0.385 e. The van der Waals surface area contributed by atoms with Crippen molar-refractivity contribution in [3.63, 3.8) is 0 Å². The quantitative estimate of drug-likeness (QED) is 0.728. The molecule has 2 aromatic rings. The molecule has 0 fully saturated rings. The van der Waals surface area contributed by atoms with Crippen LogP contribution in [0.5, 0.6) is 0 Å². The Morgan fingerprint density at radius 2 is 1.65 bits per heavy atom. The Hall–Kier alpha value is -2.02. The van der Waals surface area contributed by atoms with E-state index in [-0.39, 0.29) is 0 Å². The molecule has 20 heavy (non-hydrogen) atoms. The highest BCUT2D eigenvalue weighted by molar-refractivity contribution is 6.06. The molecule has 0 aliphatic carbocycles. The van der Waals surface area contributed by atoms with E-state index in [1.165, 1.54) is 27.6 Å². The maximum absolute atomic E-state index is 4.12. The van der Waals surface area contributed by atoms with Gasteiger partial charge >= 0.3 is 0 Å². The number of hydrogen-bond donors (Lipinski definition) is 1. The molecule has 1 heteroatoms. The Bertz CT molecular complexity index is 645. The summed E-state index contributed by atoms with van der Waals surface area (Å²) < 4.78 is 0. The van der Waals surface area contributed by atoms with E-state index < -0.39 is 0 Å². The number of hydrogen-bond acceptors (Lipinski definition) is 1. The predicted molar refractivity (Wildman–Crippen MR) is 92.1 cm³/mol. The van der Waals surface area contributed by atoms with Crippen molar-refractivity contribution in [3.8, 4) is 0 Å². The summed E-state index contributed by atoms with van der Waals surface area (Å²) in [6.45, 7) is 15.5. The van der Waals surface area contributed by atoms with E-state index >= 15 is 0 Å². The molecule has 0 heterocycles. The maximum atomic E-state index is 4.12. The molecule has 0 amide bonds. The SMILES string of the molecule is C=C(C)c1cccc2c(NCCC)ccc(C(=C)C)c12. The number of anilines is 1. The van der Waals surface area contributed by atoms with E-state index in [0.29, 0.717) is 0 Å². The topological polar surface area (TPSA) is 12.0 Å². The third-order valence-corrected chi connectivity index (χ3v) is 3.53. The molecule has 0 atom stereocenters. The lowest BCUT2D eigenvalue weighted by atomic mass is 9.92. The van der Waals surface area contributed by atoms with Crippen LogP contribution in [-0.4, -0.2) is 6.54 Å². The molecule has 0 radical (unpaired) electrons. The summed E-state index contributed by atoms with van der Waals surface area (Å²) in [6, 6.07) is 10.7. The van der Waals surface area contributed by atoms with Gasteiger partial charge in [-0.2, -0.15) is 0 Å². The predicted octanol–water partition coefficient (Wildman–Crippen LogP) is 5.73. The number of benzene rings is 2. The molecule has 0 aromatic heterocycles. The van der Waals surface area contributed by atoms with Crippen LogP contribution in [0, 0.1) is 0 Å². The van der Waals surface area contributed by atoms with E-state index in [9.17, 15) is 0 Å². The Labute approximate surface area is 122 Å². The second-order valence-corrected chi connectivity index (χ2v) is 5.38. The van der Waals surface area contributed by atoms with E-state index in [1.807, 2.05) is 0 Å². The molecule has 0 spiro atoms. The molecular formula is C19H23N. The molecule has 2 aromatic carbocycles. The van der Waals surface area contributed by atoms with Crippen molar-refractivity contribution in [1.29, 1.82) is 0 Å². The van der Waals surface area contributed by atoms with Crippen LogP contribution >= 0.6 is 0 Å². The Morgan fingerprint density at radius 3 is 2.25 bits per heavy atom. The zero-order chi connectivity index (χ0) is 14.7. The lowest BCUT2D eigenvalue weighted by Gasteiger charge is -2.16. The van der Waals surface area contributed by atoms with Gasteiger partial charge in [-0.25, -0.2) is 0 Å². The third-order valence-electron chi connectivity index (χ3n) is 3.53. The molecule has 2 rings (SSSR count). The van der Waals surface area contributed by atoms with Crippen molar-refractivity contribution in [1.82, 2.24) is 0 Å². The minimum atomic E-state index is 0.985. The van der Waals surface area contributed by atoms with Gasteiger partial charge in [0.15, 0.2) is 0 Å². The van der Waals surface area contributed by atoms with Crippen LogP contribution in [0.1, 0.15) is 38.3 Å². The van der Waals surface area contributed by atoms with Crippen molar-refractivity contribution < 1.29 is 0 Å². The zero-order valence-electron chi connectivity index (χ0n) is 12.7. The monoisotopic (exact) mass is 265 g/mol. The van der Waals surface area contributed by atoms with Gasteiger partial charge in [-0.1, -0.05) is 55.5 Å². The van der Waals surface area contributed by atoms with E-state index in [2.05, 4.69) is 69.6 Å². The van der Waals surface area contributed by atoms with Gasteiger partial charge in [0.1, 0.15) is 0 Å². The summed E-state index contributed by atoms with van der Waals surface area (Å²) in [6.07, 6.45) is 1.11. The molecular weight excluding hydrogens is 242 g/mol. The minimum absolute atomic E-state index is 0.985. The van der Waals surface area contributed by atoms with Crippen LogP contribution in [0.25, 0.3) is 21.9 Å². The molecule has 1 nitrogen and oxygen atoms in total. The number of allylic oxidation sites excluding steroid dienone is 2. The Balaban J connectivity index is 2.77. The average Bonchev–Trinajstić information content (AvgIpc) is 2.43. The van der Waals surface area contributed by atoms with Gasteiger partial charge in [0, 0.05) is 17.6 Å². The van der Waals surface area contributed by atoms with Gasteiger partial charge in [-0.05, 0) is 42.8 Å². The summed E-state index contributed by atoms with van der Waals surface area (Å²) in [4.78, 5) is 0. The lowest BCUT2D eigenvalue weighted by molar-refractivity contribution is 0.981. The van der Waals surface area contributed by atoms with E-state index in [4.69, 9.17) is 0 Å². The first kappa shape index (κ1) is 14.4. The summed E-state index contributed by atoms with van der Waals surface area (Å²) in [7, 11) is 0. The van der Waals surface area contributed by atoms with Gasteiger partial charge in [0.2, 0.25) is 0 Å². The summed E-state index contributed by atoms with van der Waals surface area (Å²) in [5, 5.41) is 6.02. The van der Waals surface area contributed by atoms with E-state index in [0.717, 1.165) is 24.1 Å². The van der Waals surface area contributed by atoms with Gasteiger partial charge in [-0.15, -0.1) is 0 Å². The molecule has 0 unspecified atom stereocenters. The first-order chi connectivity index (χ1) is 9.56. The summed E-state index contributed by atoms with van der Waals surface area (Å²) in [5.41, 5.74) is 5.78. The van der Waals surface area contributed by atoms with Crippen molar-refractivity contribution >= 4 is 27.6 Å². The lowest BCUT2D eigenvalue weighted by Crippen LogP contribution is -2.01. The molecule has 104 valence electrons. The summed E-state index contributed by atoms with van der Waals surface area (Å²) in [5.74, 6) is 0. The molecule has 0 saturated heterocycles. The van der Waals surface area contributed by atoms with Crippen LogP contribution in [0.3, 0.4) is 0 Å². The van der Waals surface area contributed by atoms with Crippen molar-refractivity contribution in [2.24, 2.45) is 0 Å². The van der Waals surface area contributed by atoms with Crippen molar-refractivity contribution in [3.05, 3.63) is 54.6 Å². The second kappa shape index (κ2) is 5.96. The maximum Gasteiger partial charge on any atom is 0.0420 e. The summed E-state index contributed by atoms with van der Waals surface area (Å²) >= 11 is 0. The number of rotatable bonds is 5. The third kappa shape index (κ3) is 2.62. The second-order valence-electron chi connectivity index (χ2n) is 5.38. The zero-order valence-corrected chi connectivity index (χ0v) is 12.7. The van der Waals surface area contributed by atoms with Crippen LogP contribution in [0.15, 0.2) is 43.5 Å². The van der Waals surface area contributed by atoms with Crippen LogP contribution < -0.4 is 5.32 Å². The number of fused-ring (bicyclic) bond motifs is 1. The van der Waals surface area contributed by atoms with Crippen LogP contribution in [0.2, 0.25) is 0 Å². The fourth-order valence-electron chi connectivity index (χ4n) is 2.53. The van der Waals surface area contributed by atoms with Gasteiger partial charge in [0.05, 0.1) is 0 Å². The van der Waals surface area contributed by atoms with E-state index in [1.54, 1.807) is 0 Å². The first-order valence-corrected chi connectivity index (χ1v) is 7.17. The molecule has 1 N–H and O–H groups in total. The molecule has 0 saturated carbocycles. The molecule has 0 bridgehead atoms. The Kier molecular flexibility index (Phi) is 4.29. The fraction of sp³-hybridized carbons (Fsp3) is 0.263. The standard InChI is InChI=1S/C19H23N/c1-6-12-20-18-11-10-16(14(4)5)19-15(13(2)3)8-7-9-17(18)19/h7-11,20H,2,4,6,12H2,1,3,5H3. The highest BCUT2D eigenvalue weighted by atomic mass is 14.9. The first-order valence-electron chi connectivity index (χ1n) is 7.17. The smallest absolute Gasteiger partial charge is 0.0420 e. The van der Waals surface area contributed by atoms with Crippen molar-refractivity contribution in [2.75, 3.05) is 11.9 Å². The van der Waals surface area contributed by atoms with Crippen LogP contribution in [0.4, 0.5) is 5.69 Å². The van der Waals surface area contributed by atoms with Crippen LogP contribution in [-0.2, 0) is 0 Å². The van der Waals surface area contributed by atoms with Crippen molar-refractivity contribution in [2.45, 2.75) is 27.2 Å². The highest BCUT2D eigenvalue weighted by Gasteiger charge is 2.10.